The molecule has 0 amide bonds. The molecule has 0 spiro atoms. The standard InChI is InChI=1S/C16H25NO2/c1-4-17-15(16(2)10-5-6-11-19-16)13-8-7-9-14(12-13)18-3/h7-9,12,15,17H,4-6,10-11H2,1-3H3. The number of rotatable bonds is 5. The van der Waals surface area contributed by atoms with Crippen molar-refractivity contribution in [2.75, 3.05) is 20.3 Å². The largest absolute Gasteiger partial charge is 0.497 e. The zero-order valence-electron chi connectivity index (χ0n) is 12.2. The lowest BCUT2D eigenvalue weighted by Gasteiger charge is -2.41. The molecule has 3 nitrogen and oxygen atoms in total. The maximum absolute atomic E-state index is 6.10. The summed E-state index contributed by atoms with van der Waals surface area (Å²) < 4.78 is 11.4. The van der Waals surface area contributed by atoms with Crippen molar-refractivity contribution in [3.05, 3.63) is 29.8 Å². The predicted octanol–water partition coefficient (Wildman–Crippen LogP) is 3.31. The van der Waals surface area contributed by atoms with Crippen LogP contribution < -0.4 is 10.1 Å². The summed E-state index contributed by atoms with van der Waals surface area (Å²) in [7, 11) is 1.71. The quantitative estimate of drug-likeness (QED) is 0.884. The van der Waals surface area contributed by atoms with E-state index in [4.69, 9.17) is 9.47 Å². The molecule has 1 aliphatic rings. The smallest absolute Gasteiger partial charge is 0.119 e. The highest BCUT2D eigenvalue weighted by Crippen LogP contribution is 2.37. The topological polar surface area (TPSA) is 30.5 Å². The van der Waals surface area contributed by atoms with Gasteiger partial charge in [0.1, 0.15) is 5.75 Å². The molecule has 2 rings (SSSR count). The van der Waals surface area contributed by atoms with Gasteiger partial charge in [-0.2, -0.15) is 0 Å². The summed E-state index contributed by atoms with van der Waals surface area (Å²) in [6.45, 7) is 6.15. The van der Waals surface area contributed by atoms with Gasteiger partial charge in [-0.05, 0) is 50.4 Å². The Labute approximate surface area is 116 Å². The molecule has 106 valence electrons. The van der Waals surface area contributed by atoms with Crippen LogP contribution in [0.15, 0.2) is 24.3 Å². The van der Waals surface area contributed by atoms with Gasteiger partial charge >= 0.3 is 0 Å². The number of ether oxygens (including phenoxy) is 2. The van der Waals surface area contributed by atoms with Gasteiger partial charge in [0.2, 0.25) is 0 Å². The average molecular weight is 263 g/mol. The third kappa shape index (κ3) is 3.28. The van der Waals surface area contributed by atoms with Gasteiger partial charge in [-0.15, -0.1) is 0 Å². The minimum atomic E-state index is -0.124. The molecule has 0 saturated carbocycles. The number of hydrogen-bond acceptors (Lipinski definition) is 3. The number of nitrogens with one attached hydrogen (secondary N) is 1. The lowest BCUT2D eigenvalue weighted by atomic mass is 9.84. The third-order valence-electron chi connectivity index (χ3n) is 3.95. The maximum Gasteiger partial charge on any atom is 0.119 e. The van der Waals surface area contributed by atoms with Gasteiger partial charge in [0, 0.05) is 6.61 Å². The minimum absolute atomic E-state index is 0.124. The Morgan fingerprint density at radius 2 is 2.26 bits per heavy atom. The molecule has 1 saturated heterocycles. The molecule has 1 fully saturated rings. The second-order valence-electron chi connectivity index (χ2n) is 5.39. The van der Waals surface area contributed by atoms with Crippen LogP contribution >= 0.6 is 0 Å². The highest BCUT2D eigenvalue weighted by molar-refractivity contribution is 5.32. The molecule has 0 bridgehead atoms. The Bertz CT molecular complexity index is 399. The van der Waals surface area contributed by atoms with E-state index in [1.165, 1.54) is 18.4 Å². The zero-order valence-corrected chi connectivity index (χ0v) is 12.2. The SMILES string of the molecule is CCNC(c1cccc(OC)c1)C1(C)CCCCO1. The maximum atomic E-state index is 6.10. The van der Waals surface area contributed by atoms with Crippen LogP contribution in [0.25, 0.3) is 0 Å². The summed E-state index contributed by atoms with van der Waals surface area (Å²) in [5.74, 6) is 0.903. The van der Waals surface area contributed by atoms with E-state index in [1.54, 1.807) is 7.11 Å². The molecule has 0 aromatic heterocycles. The predicted molar refractivity (Wildman–Crippen MR) is 77.6 cm³/mol. The van der Waals surface area contributed by atoms with Crippen LogP contribution in [-0.4, -0.2) is 25.9 Å². The van der Waals surface area contributed by atoms with E-state index in [-0.39, 0.29) is 11.6 Å². The molecule has 1 N–H and O–H groups in total. The summed E-state index contributed by atoms with van der Waals surface area (Å²) >= 11 is 0. The van der Waals surface area contributed by atoms with Gasteiger partial charge in [-0.3, -0.25) is 0 Å². The number of benzene rings is 1. The highest BCUT2D eigenvalue weighted by Gasteiger charge is 2.37. The molecule has 0 aliphatic carbocycles. The molecule has 0 radical (unpaired) electrons. The fourth-order valence-electron chi connectivity index (χ4n) is 2.89. The van der Waals surface area contributed by atoms with Crippen molar-refractivity contribution in [1.29, 1.82) is 0 Å². The summed E-state index contributed by atoms with van der Waals surface area (Å²) in [6.07, 6.45) is 3.51. The van der Waals surface area contributed by atoms with Crippen LogP contribution in [0, 0.1) is 0 Å². The lowest BCUT2D eigenvalue weighted by molar-refractivity contribution is -0.0895. The van der Waals surface area contributed by atoms with Crippen molar-refractivity contribution < 1.29 is 9.47 Å². The Kier molecular flexibility index (Phi) is 4.83. The number of likely N-dealkylation sites (N-methyl/N-ethyl adjacent to an activating group) is 1. The Morgan fingerprint density at radius 1 is 1.42 bits per heavy atom. The van der Waals surface area contributed by atoms with E-state index in [0.29, 0.717) is 0 Å². The molecule has 1 heterocycles. The fraction of sp³-hybridized carbons (Fsp3) is 0.625. The molecular weight excluding hydrogens is 238 g/mol. The summed E-state index contributed by atoms with van der Waals surface area (Å²) in [5, 5.41) is 3.58. The first-order valence-electron chi connectivity index (χ1n) is 7.21. The first-order chi connectivity index (χ1) is 9.19. The summed E-state index contributed by atoms with van der Waals surface area (Å²) in [6, 6.07) is 8.50. The Hall–Kier alpha value is -1.06. The Morgan fingerprint density at radius 3 is 2.89 bits per heavy atom. The van der Waals surface area contributed by atoms with E-state index < -0.39 is 0 Å². The van der Waals surface area contributed by atoms with Crippen LogP contribution in [0.4, 0.5) is 0 Å². The zero-order chi connectivity index (χ0) is 13.7. The molecule has 3 heteroatoms. The average Bonchev–Trinajstić information content (AvgIpc) is 2.45. The van der Waals surface area contributed by atoms with Crippen LogP contribution in [0.1, 0.15) is 44.7 Å². The van der Waals surface area contributed by atoms with E-state index in [1.807, 2.05) is 12.1 Å². The van der Waals surface area contributed by atoms with Crippen LogP contribution in [0.3, 0.4) is 0 Å². The molecule has 19 heavy (non-hydrogen) atoms. The first kappa shape index (κ1) is 14.4. The monoisotopic (exact) mass is 263 g/mol. The third-order valence-corrected chi connectivity index (χ3v) is 3.95. The van der Waals surface area contributed by atoms with Crippen molar-refractivity contribution in [2.24, 2.45) is 0 Å². The van der Waals surface area contributed by atoms with Gasteiger partial charge in [0.25, 0.3) is 0 Å². The van der Waals surface area contributed by atoms with Crippen molar-refractivity contribution in [2.45, 2.75) is 44.8 Å². The second-order valence-corrected chi connectivity index (χ2v) is 5.39. The van der Waals surface area contributed by atoms with Gasteiger partial charge in [-0.1, -0.05) is 19.1 Å². The minimum Gasteiger partial charge on any atom is -0.497 e. The lowest BCUT2D eigenvalue weighted by Crippen LogP contribution is -2.45. The van der Waals surface area contributed by atoms with Gasteiger partial charge < -0.3 is 14.8 Å². The van der Waals surface area contributed by atoms with E-state index in [0.717, 1.165) is 25.3 Å². The van der Waals surface area contributed by atoms with Crippen LogP contribution in [0.5, 0.6) is 5.75 Å². The van der Waals surface area contributed by atoms with Crippen molar-refractivity contribution in [3.8, 4) is 5.75 Å². The molecule has 2 unspecified atom stereocenters. The van der Waals surface area contributed by atoms with Crippen molar-refractivity contribution in [1.82, 2.24) is 5.32 Å². The van der Waals surface area contributed by atoms with Gasteiger partial charge in [-0.25, -0.2) is 0 Å². The summed E-state index contributed by atoms with van der Waals surface area (Å²) in [4.78, 5) is 0. The summed E-state index contributed by atoms with van der Waals surface area (Å²) in [5.41, 5.74) is 1.12. The molecule has 1 aliphatic heterocycles. The molecule has 1 aromatic rings. The van der Waals surface area contributed by atoms with Gasteiger partial charge in [0.15, 0.2) is 0 Å². The molecule has 2 atom stereocenters. The highest BCUT2D eigenvalue weighted by atomic mass is 16.5. The van der Waals surface area contributed by atoms with Gasteiger partial charge in [0.05, 0.1) is 18.8 Å². The van der Waals surface area contributed by atoms with E-state index in [9.17, 15) is 0 Å². The number of methoxy groups -OCH3 is 1. The van der Waals surface area contributed by atoms with Crippen molar-refractivity contribution in [3.63, 3.8) is 0 Å². The Balaban J connectivity index is 2.27. The van der Waals surface area contributed by atoms with Crippen LogP contribution in [0.2, 0.25) is 0 Å². The normalized spacial score (nSPS) is 25.0. The van der Waals surface area contributed by atoms with E-state index >= 15 is 0 Å². The molecule has 1 aromatic carbocycles. The van der Waals surface area contributed by atoms with E-state index in [2.05, 4.69) is 31.3 Å². The van der Waals surface area contributed by atoms with Crippen LogP contribution in [-0.2, 0) is 4.74 Å². The second kappa shape index (κ2) is 6.40. The first-order valence-corrected chi connectivity index (χ1v) is 7.21. The molecular formula is C16H25NO2. The fourth-order valence-corrected chi connectivity index (χ4v) is 2.89. The van der Waals surface area contributed by atoms with Crippen molar-refractivity contribution >= 4 is 0 Å². The number of hydrogen-bond donors (Lipinski definition) is 1.